The molecule has 0 bridgehead atoms. The number of hydrogen-bond acceptors (Lipinski definition) is 5. The van der Waals surface area contributed by atoms with Gasteiger partial charge in [-0.15, -0.1) is 11.3 Å². The number of anilines is 1. The fourth-order valence-electron chi connectivity index (χ4n) is 1.47. The quantitative estimate of drug-likeness (QED) is 0.831. The van der Waals surface area contributed by atoms with E-state index in [2.05, 4.69) is 49.8 Å². The summed E-state index contributed by atoms with van der Waals surface area (Å²) in [5, 5.41) is 6.24. The van der Waals surface area contributed by atoms with Gasteiger partial charge >= 0.3 is 0 Å². The van der Waals surface area contributed by atoms with E-state index in [0.717, 1.165) is 38.7 Å². The highest BCUT2D eigenvalue weighted by atomic mass is 127. The van der Waals surface area contributed by atoms with E-state index < -0.39 is 0 Å². The Hall–Kier alpha value is -0.760. The van der Waals surface area contributed by atoms with Gasteiger partial charge in [0.05, 0.1) is 9.26 Å². The second-order valence-corrected chi connectivity index (χ2v) is 5.95. The Labute approximate surface area is 124 Å². The number of nitrogens with one attached hydrogen (secondary N) is 1. The lowest BCUT2D eigenvalue weighted by atomic mass is 10.4. The van der Waals surface area contributed by atoms with Crippen LogP contribution in [-0.2, 0) is 0 Å². The molecule has 0 fully saturated rings. The van der Waals surface area contributed by atoms with Gasteiger partial charge in [0.15, 0.2) is 10.8 Å². The smallest absolute Gasteiger partial charge is 0.190 e. The molecule has 0 aliphatic heterocycles. The zero-order valence-electron chi connectivity index (χ0n) is 10.6. The lowest BCUT2D eigenvalue weighted by Gasteiger charge is -2.09. The minimum atomic E-state index is 0.713. The summed E-state index contributed by atoms with van der Waals surface area (Å²) in [7, 11) is 0. The van der Waals surface area contributed by atoms with Crippen LogP contribution in [0.3, 0.4) is 0 Å². The van der Waals surface area contributed by atoms with Crippen LogP contribution in [0.5, 0.6) is 0 Å². The average molecular weight is 374 g/mol. The highest BCUT2D eigenvalue weighted by Gasteiger charge is 2.12. The molecule has 96 valence electrons. The number of halogens is 1. The lowest BCUT2D eigenvalue weighted by Crippen LogP contribution is -2.07. The monoisotopic (exact) mass is 374 g/mol. The molecule has 2 aromatic heterocycles. The molecule has 0 spiro atoms. The summed E-state index contributed by atoms with van der Waals surface area (Å²) < 4.78 is 1.08. The molecule has 0 saturated carbocycles. The Kier molecular flexibility index (Phi) is 4.50. The second-order valence-electron chi connectivity index (χ2n) is 4.02. The van der Waals surface area contributed by atoms with E-state index in [0.29, 0.717) is 5.82 Å². The third-order valence-electron chi connectivity index (χ3n) is 2.37. The van der Waals surface area contributed by atoms with Crippen LogP contribution in [0.25, 0.3) is 10.8 Å². The van der Waals surface area contributed by atoms with Gasteiger partial charge in [-0.25, -0.2) is 15.0 Å². The van der Waals surface area contributed by atoms with Crippen molar-refractivity contribution in [2.45, 2.75) is 27.2 Å². The molecule has 2 aromatic rings. The Bertz CT molecular complexity index is 553. The summed E-state index contributed by atoms with van der Waals surface area (Å²) >= 11 is 3.86. The molecule has 0 atom stereocenters. The van der Waals surface area contributed by atoms with Gasteiger partial charge in [0, 0.05) is 17.6 Å². The minimum Gasteiger partial charge on any atom is -0.369 e. The van der Waals surface area contributed by atoms with Gasteiger partial charge in [0.2, 0.25) is 0 Å². The molecule has 0 aliphatic carbocycles. The maximum Gasteiger partial charge on any atom is 0.190 e. The number of rotatable bonds is 4. The third-order valence-corrected chi connectivity index (χ3v) is 4.62. The van der Waals surface area contributed by atoms with Crippen LogP contribution in [0, 0.1) is 17.4 Å². The van der Waals surface area contributed by atoms with Gasteiger partial charge in [0.1, 0.15) is 5.82 Å². The van der Waals surface area contributed by atoms with Crippen molar-refractivity contribution in [1.82, 2.24) is 15.0 Å². The van der Waals surface area contributed by atoms with Crippen molar-refractivity contribution in [3.05, 3.63) is 20.3 Å². The van der Waals surface area contributed by atoms with Gasteiger partial charge in [-0.1, -0.05) is 6.92 Å². The Morgan fingerprint density at radius 2 is 2.06 bits per heavy atom. The van der Waals surface area contributed by atoms with Crippen molar-refractivity contribution in [2.75, 3.05) is 11.9 Å². The van der Waals surface area contributed by atoms with Crippen LogP contribution in [0.2, 0.25) is 0 Å². The highest BCUT2D eigenvalue weighted by Crippen LogP contribution is 2.25. The van der Waals surface area contributed by atoms with Gasteiger partial charge in [-0.2, -0.15) is 0 Å². The standard InChI is InChI=1S/C12H15IN4S/c1-4-5-14-10-9(13)8(3)16-11(17-10)12-15-7(2)6-18-12/h6H,4-5H2,1-3H3,(H,14,16,17). The average Bonchev–Trinajstić information content (AvgIpc) is 2.77. The first-order chi connectivity index (χ1) is 8.61. The molecule has 0 saturated heterocycles. The van der Waals surface area contributed by atoms with Crippen molar-refractivity contribution < 1.29 is 0 Å². The zero-order chi connectivity index (χ0) is 13.1. The predicted octanol–water partition coefficient (Wildman–Crippen LogP) is 3.64. The maximum absolute atomic E-state index is 4.57. The summed E-state index contributed by atoms with van der Waals surface area (Å²) in [4.78, 5) is 13.5. The first-order valence-electron chi connectivity index (χ1n) is 5.82. The van der Waals surface area contributed by atoms with E-state index in [9.17, 15) is 0 Å². The van der Waals surface area contributed by atoms with Crippen LogP contribution in [-0.4, -0.2) is 21.5 Å². The number of aryl methyl sites for hydroxylation is 2. The fraction of sp³-hybridized carbons (Fsp3) is 0.417. The van der Waals surface area contributed by atoms with Crippen molar-refractivity contribution in [1.29, 1.82) is 0 Å². The lowest BCUT2D eigenvalue weighted by molar-refractivity contribution is 0.957. The maximum atomic E-state index is 4.57. The highest BCUT2D eigenvalue weighted by molar-refractivity contribution is 14.1. The van der Waals surface area contributed by atoms with Crippen LogP contribution in [0.15, 0.2) is 5.38 Å². The van der Waals surface area contributed by atoms with E-state index in [4.69, 9.17) is 0 Å². The minimum absolute atomic E-state index is 0.713. The summed E-state index contributed by atoms with van der Waals surface area (Å²) in [5.41, 5.74) is 2.00. The molecule has 0 aliphatic rings. The predicted molar refractivity (Wildman–Crippen MR) is 84.1 cm³/mol. The molecule has 6 heteroatoms. The van der Waals surface area contributed by atoms with Crippen LogP contribution in [0.1, 0.15) is 24.7 Å². The van der Waals surface area contributed by atoms with Crippen molar-refractivity contribution in [3.8, 4) is 10.8 Å². The summed E-state index contributed by atoms with van der Waals surface area (Å²) in [5.74, 6) is 1.62. The molecular formula is C12H15IN4S. The molecule has 0 radical (unpaired) electrons. The van der Waals surface area contributed by atoms with Crippen LogP contribution >= 0.6 is 33.9 Å². The molecule has 0 amide bonds. The summed E-state index contributed by atoms with van der Waals surface area (Å²) in [6.45, 7) is 7.04. The molecule has 2 heterocycles. The van der Waals surface area contributed by atoms with E-state index in [-0.39, 0.29) is 0 Å². The molecule has 18 heavy (non-hydrogen) atoms. The molecule has 0 unspecified atom stereocenters. The van der Waals surface area contributed by atoms with Gasteiger partial charge in [-0.3, -0.25) is 0 Å². The largest absolute Gasteiger partial charge is 0.369 e. The van der Waals surface area contributed by atoms with Crippen LogP contribution in [0.4, 0.5) is 5.82 Å². The van der Waals surface area contributed by atoms with Crippen LogP contribution < -0.4 is 5.32 Å². The molecule has 2 rings (SSSR count). The fourth-order valence-corrected chi connectivity index (χ4v) is 2.63. The van der Waals surface area contributed by atoms with Gasteiger partial charge in [0.25, 0.3) is 0 Å². The number of aromatic nitrogens is 3. The summed E-state index contributed by atoms with van der Waals surface area (Å²) in [6.07, 6.45) is 1.07. The first-order valence-corrected chi connectivity index (χ1v) is 7.78. The zero-order valence-corrected chi connectivity index (χ0v) is 13.6. The molecule has 4 nitrogen and oxygen atoms in total. The normalized spacial score (nSPS) is 10.7. The van der Waals surface area contributed by atoms with Gasteiger partial charge in [-0.05, 0) is 42.9 Å². The first kappa shape index (κ1) is 13.7. The van der Waals surface area contributed by atoms with Crippen molar-refractivity contribution in [3.63, 3.8) is 0 Å². The number of hydrogen-bond donors (Lipinski definition) is 1. The molecular weight excluding hydrogens is 359 g/mol. The van der Waals surface area contributed by atoms with Crippen molar-refractivity contribution >= 4 is 39.7 Å². The number of nitrogens with zero attached hydrogens (tertiary/aromatic N) is 3. The van der Waals surface area contributed by atoms with E-state index >= 15 is 0 Å². The van der Waals surface area contributed by atoms with Gasteiger partial charge < -0.3 is 5.32 Å². The Morgan fingerprint density at radius 3 is 2.67 bits per heavy atom. The Morgan fingerprint density at radius 1 is 1.28 bits per heavy atom. The van der Waals surface area contributed by atoms with E-state index in [1.165, 1.54) is 0 Å². The third kappa shape index (κ3) is 2.97. The van der Waals surface area contributed by atoms with Crippen molar-refractivity contribution in [2.24, 2.45) is 0 Å². The Balaban J connectivity index is 2.40. The molecule has 1 N–H and O–H groups in total. The SMILES string of the molecule is CCCNc1nc(-c2nc(C)cs2)nc(C)c1I. The second kappa shape index (κ2) is 5.92. The number of thiazole rings is 1. The summed E-state index contributed by atoms with van der Waals surface area (Å²) in [6, 6.07) is 0. The molecule has 0 aromatic carbocycles. The van der Waals surface area contributed by atoms with E-state index in [1.807, 2.05) is 19.2 Å². The topological polar surface area (TPSA) is 50.7 Å². The van der Waals surface area contributed by atoms with E-state index in [1.54, 1.807) is 11.3 Å².